The molecule has 0 saturated carbocycles. The van der Waals surface area contributed by atoms with Crippen LogP contribution < -0.4 is 14.9 Å². The Balaban J connectivity index is 1.83. The normalized spacial score (nSPS) is 10.4. The number of carbonyl (C=O) groups is 2. The van der Waals surface area contributed by atoms with Crippen LogP contribution in [0.4, 0.5) is 0 Å². The fourth-order valence-electron chi connectivity index (χ4n) is 1.94. The van der Waals surface area contributed by atoms with Crippen LogP contribution in [0.3, 0.4) is 0 Å². The minimum absolute atomic E-state index is 0.194. The number of carbonyl (C=O) groups excluding carboxylic acids is 2. The van der Waals surface area contributed by atoms with Gasteiger partial charge in [-0.2, -0.15) is 5.10 Å². The van der Waals surface area contributed by atoms with Crippen molar-refractivity contribution in [1.29, 1.82) is 0 Å². The molecule has 0 aliphatic rings. The van der Waals surface area contributed by atoms with Crippen LogP contribution in [0.15, 0.2) is 53.6 Å². The molecule has 1 amide bonds. The smallest absolute Gasteiger partial charge is 0.344 e. The highest BCUT2D eigenvalue weighted by atomic mass is 35.5. The van der Waals surface area contributed by atoms with Gasteiger partial charge in [-0.25, -0.2) is 10.2 Å². The molecule has 0 aliphatic heterocycles. The molecule has 0 unspecified atom stereocenters. The molecular weight excluding hydrogens is 372 g/mol. The van der Waals surface area contributed by atoms with Crippen molar-refractivity contribution in [1.82, 2.24) is 5.43 Å². The lowest BCUT2D eigenvalue weighted by Gasteiger charge is -2.08. The average molecular weight is 391 g/mol. The van der Waals surface area contributed by atoms with Crippen LogP contribution in [0.5, 0.6) is 11.5 Å². The third-order valence-corrected chi connectivity index (χ3v) is 3.40. The van der Waals surface area contributed by atoms with Crippen LogP contribution in [0, 0.1) is 0 Å². The first-order valence-electron chi connectivity index (χ1n) is 8.16. The van der Waals surface area contributed by atoms with Gasteiger partial charge in [0.05, 0.1) is 12.8 Å². The second-order valence-electron chi connectivity index (χ2n) is 5.17. The number of esters is 1. The molecule has 2 aromatic carbocycles. The minimum atomic E-state index is -0.461. The van der Waals surface area contributed by atoms with Crippen LogP contribution in [-0.4, -0.2) is 37.9 Å². The number of hydrazone groups is 1. The van der Waals surface area contributed by atoms with E-state index in [1.807, 2.05) is 0 Å². The Bertz CT molecular complexity index is 793. The molecule has 1 N–H and O–H groups in total. The Kier molecular flexibility index (Phi) is 8.12. The summed E-state index contributed by atoms with van der Waals surface area (Å²) in [6.45, 7) is 1.60. The van der Waals surface area contributed by atoms with E-state index in [2.05, 4.69) is 10.5 Å². The zero-order valence-electron chi connectivity index (χ0n) is 14.7. The van der Waals surface area contributed by atoms with Gasteiger partial charge in [0.1, 0.15) is 11.5 Å². The number of halogens is 1. The van der Waals surface area contributed by atoms with Gasteiger partial charge in [0.25, 0.3) is 5.91 Å². The lowest BCUT2D eigenvalue weighted by molar-refractivity contribution is -0.145. The topological polar surface area (TPSA) is 86.2 Å². The van der Waals surface area contributed by atoms with E-state index in [0.29, 0.717) is 22.1 Å². The van der Waals surface area contributed by atoms with Crippen molar-refractivity contribution in [3.8, 4) is 11.5 Å². The van der Waals surface area contributed by atoms with Crippen molar-refractivity contribution < 1.29 is 23.8 Å². The molecule has 0 aliphatic carbocycles. The largest absolute Gasteiger partial charge is 0.484 e. The molecule has 2 rings (SSSR count). The number of hydrogen-bond donors (Lipinski definition) is 1. The number of nitrogens with one attached hydrogen (secondary N) is 1. The van der Waals surface area contributed by atoms with E-state index >= 15 is 0 Å². The van der Waals surface area contributed by atoms with Crippen molar-refractivity contribution in [2.45, 2.75) is 6.92 Å². The highest BCUT2D eigenvalue weighted by Gasteiger charge is 2.06. The summed E-state index contributed by atoms with van der Waals surface area (Å²) < 4.78 is 15.5. The number of para-hydroxylation sites is 1. The number of rotatable bonds is 9. The fraction of sp³-hybridized carbons (Fsp3) is 0.211. The Labute approximate surface area is 161 Å². The summed E-state index contributed by atoms with van der Waals surface area (Å²) >= 11 is 5.78. The Morgan fingerprint density at radius 1 is 1.07 bits per heavy atom. The van der Waals surface area contributed by atoms with Gasteiger partial charge in [0, 0.05) is 10.6 Å². The fourth-order valence-corrected chi connectivity index (χ4v) is 2.07. The van der Waals surface area contributed by atoms with Crippen LogP contribution in [0.1, 0.15) is 12.5 Å². The Morgan fingerprint density at radius 3 is 2.56 bits per heavy atom. The van der Waals surface area contributed by atoms with Gasteiger partial charge in [-0.15, -0.1) is 0 Å². The van der Waals surface area contributed by atoms with Gasteiger partial charge in [-0.05, 0) is 43.3 Å². The molecule has 142 valence electrons. The number of amides is 1. The summed E-state index contributed by atoms with van der Waals surface area (Å²) in [5.74, 6) is 0.0835. The maximum atomic E-state index is 11.8. The molecule has 27 heavy (non-hydrogen) atoms. The molecule has 0 atom stereocenters. The van der Waals surface area contributed by atoms with E-state index in [4.69, 9.17) is 25.8 Å². The third-order valence-electron chi connectivity index (χ3n) is 3.15. The first kappa shape index (κ1) is 20.3. The number of benzene rings is 2. The van der Waals surface area contributed by atoms with Crippen LogP contribution >= 0.6 is 11.6 Å². The van der Waals surface area contributed by atoms with Gasteiger partial charge in [0.15, 0.2) is 13.2 Å². The second kappa shape index (κ2) is 10.8. The predicted octanol–water partition coefficient (Wildman–Crippen LogP) is 2.81. The summed E-state index contributed by atoms with van der Waals surface area (Å²) in [6.07, 6.45) is 1.42. The summed E-state index contributed by atoms with van der Waals surface area (Å²) in [5, 5.41) is 4.45. The Hall–Kier alpha value is -3.06. The number of nitrogens with zero attached hydrogens (tertiary/aromatic N) is 1. The summed E-state index contributed by atoms with van der Waals surface area (Å²) in [5.41, 5.74) is 2.96. The van der Waals surface area contributed by atoms with Crippen LogP contribution in [0.2, 0.25) is 5.02 Å². The van der Waals surface area contributed by atoms with Crippen molar-refractivity contribution in [2.24, 2.45) is 5.10 Å². The van der Waals surface area contributed by atoms with Crippen molar-refractivity contribution in [2.75, 3.05) is 19.8 Å². The molecule has 0 spiro atoms. The minimum Gasteiger partial charge on any atom is -0.484 e. The van der Waals surface area contributed by atoms with E-state index in [-0.39, 0.29) is 19.8 Å². The average Bonchev–Trinajstić information content (AvgIpc) is 2.67. The van der Waals surface area contributed by atoms with E-state index < -0.39 is 11.9 Å². The van der Waals surface area contributed by atoms with Gasteiger partial charge in [0.2, 0.25) is 0 Å². The number of hydrogen-bond acceptors (Lipinski definition) is 6. The third kappa shape index (κ3) is 7.37. The lowest BCUT2D eigenvalue weighted by atomic mass is 10.2. The van der Waals surface area contributed by atoms with Gasteiger partial charge in [-0.3, -0.25) is 4.79 Å². The molecule has 0 heterocycles. The molecule has 0 aromatic heterocycles. The quantitative estimate of drug-likeness (QED) is 0.404. The van der Waals surface area contributed by atoms with Crippen molar-refractivity contribution in [3.63, 3.8) is 0 Å². The lowest BCUT2D eigenvalue weighted by Crippen LogP contribution is -2.24. The standard InChI is InChI=1S/C19H19ClN2O5/c1-2-25-19(24)13-27-17-6-4-3-5-14(17)11-21-22-18(23)12-26-16-9-7-15(20)8-10-16/h3-11H,2,12-13H2,1H3,(H,22,23)/b21-11+. The maximum Gasteiger partial charge on any atom is 0.344 e. The summed E-state index contributed by atoms with van der Waals surface area (Å²) in [6, 6.07) is 13.6. The second-order valence-corrected chi connectivity index (χ2v) is 5.60. The van der Waals surface area contributed by atoms with Crippen molar-refractivity contribution >= 4 is 29.7 Å². The molecular formula is C19H19ClN2O5. The zero-order chi connectivity index (χ0) is 19.5. The molecule has 2 aromatic rings. The van der Waals surface area contributed by atoms with E-state index in [9.17, 15) is 9.59 Å². The van der Waals surface area contributed by atoms with E-state index in [1.54, 1.807) is 55.5 Å². The number of ether oxygens (including phenoxy) is 3. The van der Waals surface area contributed by atoms with Gasteiger partial charge >= 0.3 is 5.97 Å². The first-order chi connectivity index (χ1) is 13.1. The van der Waals surface area contributed by atoms with Crippen LogP contribution in [0.25, 0.3) is 0 Å². The summed E-state index contributed by atoms with van der Waals surface area (Å²) in [4.78, 5) is 23.2. The van der Waals surface area contributed by atoms with Gasteiger partial charge < -0.3 is 14.2 Å². The van der Waals surface area contributed by atoms with E-state index in [1.165, 1.54) is 6.21 Å². The monoisotopic (exact) mass is 390 g/mol. The van der Waals surface area contributed by atoms with Crippen LogP contribution in [-0.2, 0) is 14.3 Å². The molecule has 0 fully saturated rings. The molecule has 0 radical (unpaired) electrons. The SMILES string of the molecule is CCOC(=O)COc1ccccc1/C=N/NC(=O)COc1ccc(Cl)cc1. The Morgan fingerprint density at radius 2 is 1.81 bits per heavy atom. The van der Waals surface area contributed by atoms with Crippen molar-refractivity contribution in [3.05, 3.63) is 59.1 Å². The maximum absolute atomic E-state index is 11.8. The highest BCUT2D eigenvalue weighted by molar-refractivity contribution is 6.30. The molecule has 0 bridgehead atoms. The zero-order valence-corrected chi connectivity index (χ0v) is 15.4. The molecule has 7 nitrogen and oxygen atoms in total. The highest BCUT2D eigenvalue weighted by Crippen LogP contribution is 2.16. The predicted molar refractivity (Wildman–Crippen MR) is 101 cm³/mol. The van der Waals surface area contributed by atoms with Gasteiger partial charge in [-0.1, -0.05) is 23.7 Å². The molecule has 8 heteroatoms. The van der Waals surface area contributed by atoms with E-state index in [0.717, 1.165) is 0 Å². The summed E-state index contributed by atoms with van der Waals surface area (Å²) in [7, 11) is 0. The first-order valence-corrected chi connectivity index (χ1v) is 8.54. The molecule has 0 saturated heterocycles.